The van der Waals surface area contributed by atoms with Crippen molar-refractivity contribution in [2.45, 2.75) is 71.1 Å². The topological polar surface area (TPSA) is 68.8 Å². The first-order valence-corrected chi connectivity index (χ1v) is 15.4. The molecule has 0 aromatic heterocycles. The maximum atomic E-state index is 13.8. The van der Waals surface area contributed by atoms with Crippen molar-refractivity contribution >= 4 is 5.78 Å². The van der Waals surface area contributed by atoms with E-state index in [9.17, 15) is 4.79 Å². The van der Waals surface area contributed by atoms with Gasteiger partial charge in [-0.05, 0) is 114 Å². The van der Waals surface area contributed by atoms with Crippen molar-refractivity contribution in [3.05, 3.63) is 41.5 Å². The largest absolute Gasteiger partial charge is 0.493 e. The number of unbranched alkanes of at least 4 members (excludes halogenated alkanes) is 1. The summed E-state index contributed by atoms with van der Waals surface area (Å²) >= 11 is 0. The molecule has 6 nitrogen and oxygen atoms in total. The van der Waals surface area contributed by atoms with Crippen LogP contribution in [0.2, 0.25) is 0 Å². The normalized spacial score (nSPS) is 20.4. The van der Waals surface area contributed by atoms with Gasteiger partial charge in [0.2, 0.25) is 0 Å². The average Bonchev–Trinajstić information content (AvgIpc) is 3.29. The zero-order valence-corrected chi connectivity index (χ0v) is 23.7. The molecule has 5 rings (SSSR count). The van der Waals surface area contributed by atoms with Gasteiger partial charge in [0.05, 0.1) is 25.4 Å². The summed E-state index contributed by atoms with van der Waals surface area (Å²) in [5.74, 6) is 3.64. The van der Waals surface area contributed by atoms with E-state index in [1.165, 1.54) is 25.7 Å². The minimum Gasteiger partial charge on any atom is -0.493 e. The van der Waals surface area contributed by atoms with Crippen LogP contribution in [0.1, 0.15) is 87.1 Å². The van der Waals surface area contributed by atoms with Gasteiger partial charge in [-0.2, -0.15) is 0 Å². The Morgan fingerprint density at radius 3 is 1.85 bits per heavy atom. The molecule has 0 amide bonds. The Labute approximate surface area is 234 Å². The van der Waals surface area contributed by atoms with Crippen LogP contribution in [0.3, 0.4) is 0 Å². The Balaban J connectivity index is 1.31. The van der Waals surface area contributed by atoms with Crippen molar-refractivity contribution in [3.8, 4) is 28.4 Å². The summed E-state index contributed by atoms with van der Waals surface area (Å²) in [6.45, 7) is 8.54. The fourth-order valence-corrected chi connectivity index (χ4v) is 6.29. The third-order valence-corrected chi connectivity index (χ3v) is 8.46. The summed E-state index contributed by atoms with van der Waals surface area (Å²) in [5, 5.41) is 7.00. The monoisotopic (exact) mass is 534 g/mol. The standard InChI is InChI=1S/C33H46N2O4/c1-2-3-19-37-28-15-16-29(39-21-8-12-25-10-6-18-35-23-25)32-31(28)30-26(33(32)36)13-4-14-27(30)38-20-7-11-24-9-5-17-34-22-24/h4,13-16,24-25,34-35H,2-3,5-12,17-23H2,1H3. The number of benzene rings is 2. The Bertz CT molecular complexity index is 1090. The number of fused-ring (bicyclic) bond motifs is 3. The van der Waals surface area contributed by atoms with E-state index in [4.69, 9.17) is 14.2 Å². The van der Waals surface area contributed by atoms with Gasteiger partial charge in [-0.25, -0.2) is 0 Å². The van der Waals surface area contributed by atoms with Crippen molar-refractivity contribution in [2.75, 3.05) is 46.0 Å². The molecule has 2 saturated heterocycles. The van der Waals surface area contributed by atoms with E-state index in [0.717, 1.165) is 99.2 Å². The van der Waals surface area contributed by atoms with E-state index in [1.807, 2.05) is 30.3 Å². The molecule has 39 heavy (non-hydrogen) atoms. The minimum atomic E-state index is 0.00570. The number of ketones is 1. The van der Waals surface area contributed by atoms with Gasteiger partial charge in [0.25, 0.3) is 0 Å². The zero-order chi connectivity index (χ0) is 26.9. The first kappa shape index (κ1) is 28.0. The lowest BCUT2D eigenvalue weighted by atomic mass is 9.95. The maximum absolute atomic E-state index is 13.8. The summed E-state index contributed by atoms with van der Waals surface area (Å²) < 4.78 is 18.9. The lowest BCUT2D eigenvalue weighted by Gasteiger charge is -2.22. The fourth-order valence-electron chi connectivity index (χ4n) is 6.29. The fraction of sp³-hybridized carbons (Fsp3) is 0.606. The summed E-state index contributed by atoms with van der Waals surface area (Å²) in [6, 6.07) is 9.73. The van der Waals surface area contributed by atoms with Gasteiger partial charge in [0.1, 0.15) is 17.2 Å². The Morgan fingerprint density at radius 1 is 0.718 bits per heavy atom. The van der Waals surface area contributed by atoms with Crippen LogP contribution in [-0.2, 0) is 0 Å². The van der Waals surface area contributed by atoms with Crippen LogP contribution in [0, 0.1) is 11.8 Å². The SMILES string of the molecule is CCCCOc1ccc(OCCCC2CCCNC2)c2c1-c1c(OCCCC3CCCNC3)cccc1C2=O. The molecule has 212 valence electrons. The lowest BCUT2D eigenvalue weighted by molar-refractivity contribution is 0.103. The molecule has 0 spiro atoms. The maximum Gasteiger partial charge on any atom is 0.198 e. The molecule has 2 N–H and O–H groups in total. The first-order chi connectivity index (χ1) is 19.3. The predicted molar refractivity (Wildman–Crippen MR) is 156 cm³/mol. The summed E-state index contributed by atoms with van der Waals surface area (Å²) in [5.41, 5.74) is 3.01. The minimum absolute atomic E-state index is 0.00570. The molecule has 2 fully saturated rings. The second-order valence-corrected chi connectivity index (χ2v) is 11.4. The van der Waals surface area contributed by atoms with Crippen molar-refractivity contribution < 1.29 is 19.0 Å². The molecule has 0 radical (unpaired) electrons. The molecule has 2 atom stereocenters. The van der Waals surface area contributed by atoms with E-state index < -0.39 is 0 Å². The number of hydrogen-bond donors (Lipinski definition) is 2. The van der Waals surface area contributed by atoms with E-state index in [-0.39, 0.29) is 5.78 Å². The highest BCUT2D eigenvalue weighted by atomic mass is 16.5. The van der Waals surface area contributed by atoms with Crippen LogP contribution >= 0.6 is 0 Å². The molecule has 6 heteroatoms. The Kier molecular flexibility index (Phi) is 10.2. The molecule has 2 aliphatic heterocycles. The van der Waals surface area contributed by atoms with Gasteiger partial charge in [0, 0.05) is 16.7 Å². The highest BCUT2D eigenvalue weighted by molar-refractivity contribution is 6.25. The van der Waals surface area contributed by atoms with Gasteiger partial charge in [-0.15, -0.1) is 0 Å². The van der Waals surface area contributed by atoms with Gasteiger partial charge >= 0.3 is 0 Å². The second-order valence-electron chi connectivity index (χ2n) is 11.4. The van der Waals surface area contributed by atoms with Crippen LogP contribution in [0.25, 0.3) is 11.1 Å². The third kappa shape index (κ3) is 6.96. The summed E-state index contributed by atoms with van der Waals surface area (Å²) in [7, 11) is 0. The number of rotatable bonds is 14. The zero-order valence-electron chi connectivity index (χ0n) is 23.7. The third-order valence-electron chi connectivity index (χ3n) is 8.46. The van der Waals surface area contributed by atoms with Crippen molar-refractivity contribution in [2.24, 2.45) is 11.8 Å². The first-order valence-electron chi connectivity index (χ1n) is 15.4. The highest BCUT2D eigenvalue weighted by Gasteiger charge is 2.35. The smallest absolute Gasteiger partial charge is 0.198 e. The van der Waals surface area contributed by atoms with Crippen LogP contribution in [0.5, 0.6) is 17.2 Å². The number of carbonyl (C=O) groups is 1. The van der Waals surface area contributed by atoms with Gasteiger partial charge in [0.15, 0.2) is 5.78 Å². The Morgan fingerprint density at radius 2 is 1.28 bits per heavy atom. The molecule has 2 heterocycles. The van der Waals surface area contributed by atoms with Gasteiger partial charge < -0.3 is 24.8 Å². The average molecular weight is 535 g/mol. The molecule has 2 aromatic carbocycles. The van der Waals surface area contributed by atoms with Crippen molar-refractivity contribution in [1.82, 2.24) is 10.6 Å². The predicted octanol–water partition coefficient (Wildman–Crippen LogP) is 6.39. The number of ether oxygens (including phenoxy) is 3. The molecule has 2 aromatic rings. The second kappa shape index (κ2) is 14.2. The lowest BCUT2D eigenvalue weighted by Crippen LogP contribution is -2.29. The summed E-state index contributed by atoms with van der Waals surface area (Å²) in [6.07, 6.45) is 11.5. The molecule has 0 saturated carbocycles. The quantitative estimate of drug-likeness (QED) is 0.234. The van der Waals surface area contributed by atoms with Crippen LogP contribution < -0.4 is 24.8 Å². The van der Waals surface area contributed by atoms with Crippen LogP contribution in [0.15, 0.2) is 30.3 Å². The number of nitrogens with one attached hydrogen (secondary N) is 2. The van der Waals surface area contributed by atoms with Crippen molar-refractivity contribution in [1.29, 1.82) is 0 Å². The van der Waals surface area contributed by atoms with E-state index >= 15 is 0 Å². The van der Waals surface area contributed by atoms with Crippen LogP contribution in [0.4, 0.5) is 0 Å². The Hall–Kier alpha value is -2.57. The number of carbonyl (C=O) groups excluding carboxylic acids is 1. The highest BCUT2D eigenvalue weighted by Crippen LogP contribution is 2.50. The van der Waals surface area contributed by atoms with Crippen molar-refractivity contribution in [3.63, 3.8) is 0 Å². The molecule has 0 bridgehead atoms. The van der Waals surface area contributed by atoms with Gasteiger partial charge in [-0.1, -0.05) is 25.5 Å². The molecule has 1 aliphatic carbocycles. The molecule has 2 unspecified atom stereocenters. The number of piperidine rings is 2. The van der Waals surface area contributed by atoms with E-state index in [2.05, 4.69) is 17.6 Å². The summed E-state index contributed by atoms with van der Waals surface area (Å²) in [4.78, 5) is 13.8. The van der Waals surface area contributed by atoms with Crippen LogP contribution in [-0.4, -0.2) is 51.8 Å². The molecule has 3 aliphatic rings. The number of hydrogen-bond acceptors (Lipinski definition) is 6. The molecular weight excluding hydrogens is 488 g/mol. The van der Waals surface area contributed by atoms with Gasteiger partial charge in [-0.3, -0.25) is 4.79 Å². The van der Waals surface area contributed by atoms with E-state index in [0.29, 0.717) is 36.7 Å². The van der Waals surface area contributed by atoms with E-state index in [1.54, 1.807) is 0 Å². The molecular formula is C33H46N2O4.